The lowest BCUT2D eigenvalue weighted by Crippen LogP contribution is -2.26. The second-order valence-electron chi connectivity index (χ2n) is 4.96. The molecular formula is C15H21N5O. The molecule has 3 N–H and O–H groups in total. The third-order valence-electron chi connectivity index (χ3n) is 3.27. The van der Waals surface area contributed by atoms with Gasteiger partial charge in [-0.05, 0) is 25.5 Å². The van der Waals surface area contributed by atoms with Crippen LogP contribution in [0, 0.1) is 0 Å². The van der Waals surface area contributed by atoms with E-state index in [9.17, 15) is 4.79 Å². The van der Waals surface area contributed by atoms with E-state index in [1.807, 2.05) is 13.0 Å². The largest absolute Gasteiger partial charge is 0.373 e. The SMILES string of the molecule is CCCc1cc(C(=O)NC(C)c2cn[nH]c2)cc(NC)n1. The van der Waals surface area contributed by atoms with Gasteiger partial charge < -0.3 is 10.6 Å². The van der Waals surface area contributed by atoms with E-state index >= 15 is 0 Å². The summed E-state index contributed by atoms with van der Waals surface area (Å²) in [5.41, 5.74) is 2.48. The van der Waals surface area contributed by atoms with Crippen molar-refractivity contribution < 1.29 is 4.79 Å². The number of hydrogen-bond acceptors (Lipinski definition) is 4. The highest BCUT2D eigenvalue weighted by Gasteiger charge is 2.14. The van der Waals surface area contributed by atoms with Gasteiger partial charge in [0.1, 0.15) is 5.82 Å². The molecule has 0 aliphatic carbocycles. The molecule has 0 bridgehead atoms. The molecule has 0 aliphatic heterocycles. The molecule has 1 amide bonds. The first kappa shape index (κ1) is 15.0. The number of aromatic nitrogens is 3. The summed E-state index contributed by atoms with van der Waals surface area (Å²) >= 11 is 0. The van der Waals surface area contributed by atoms with Gasteiger partial charge >= 0.3 is 0 Å². The number of carbonyl (C=O) groups is 1. The Bertz CT molecular complexity index is 594. The summed E-state index contributed by atoms with van der Waals surface area (Å²) in [6.07, 6.45) is 5.33. The highest BCUT2D eigenvalue weighted by Crippen LogP contribution is 2.14. The first-order valence-electron chi connectivity index (χ1n) is 7.12. The van der Waals surface area contributed by atoms with Crippen molar-refractivity contribution in [2.24, 2.45) is 0 Å². The van der Waals surface area contributed by atoms with Gasteiger partial charge in [-0.15, -0.1) is 0 Å². The number of anilines is 1. The van der Waals surface area contributed by atoms with Gasteiger partial charge in [0.05, 0.1) is 12.2 Å². The smallest absolute Gasteiger partial charge is 0.251 e. The topological polar surface area (TPSA) is 82.7 Å². The first-order chi connectivity index (χ1) is 10.1. The maximum Gasteiger partial charge on any atom is 0.251 e. The summed E-state index contributed by atoms with van der Waals surface area (Å²) in [4.78, 5) is 16.8. The van der Waals surface area contributed by atoms with Crippen molar-refractivity contribution in [1.82, 2.24) is 20.5 Å². The lowest BCUT2D eigenvalue weighted by molar-refractivity contribution is 0.0939. The van der Waals surface area contributed by atoms with Gasteiger partial charge in [-0.25, -0.2) is 4.98 Å². The molecule has 0 radical (unpaired) electrons. The van der Waals surface area contributed by atoms with E-state index in [1.165, 1.54) is 0 Å². The Morgan fingerprint density at radius 3 is 2.86 bits per heavy atom. The van der Waals surface area contributed by atoms with Crippen LogP contribution < -0.4 is 10.6 Å². The van der Waals surface area contributed by atoms with Gasteiger partial charge in [-0.3, -0.25) is 9.89 Å². The van der Waals surface area contributed by atoms with Crippen LogP contribution in [0.15, 0.2) is 24.5 Å². The molecule has 2 aromatic rings. The maximum absolute atomic E-state index is 12.4. The molecule has 2 aromatic heterocycles. The zero-order valence-electron chi connectivity index (χ0n) is 12.6. The second-order valence-corrected chi connectivity index (χ2v) is 4.96. The minimum atomic E-state index is -0.111. The molecule has 21 heavy (non-hydrogen) atoms. The molecule has 6 nitrogen and oxygen atoms in total. The highest BCUT2D eigenvalue weighted by atomic mass is 16.1. The van der Waals surface area contributed by atoms with Crippen molar-refractivity contribution >= 4 is 11.7 Å². The fraction of sp³-hybridized carbons (Fsp3) is 0.400. The van der Waals surface area contributed by atoms with E-state index in [0.29, 0.717) is 11.4 Å². The van der Waals surface area contributed by atoms with Crippen LogP contribution in [-0.2, 0) is 6.42 Å². The lowest BCUT2D eigenvalue weighted by atomic mass is 10.1. The predicted octanol–water partition coefficient (Wildman–Crippen LogP) is 2.29. The summed E-state index contributed by atoms with van der Waals surface area (Å²) in [5.74, 6) is 0.599. The monoisotopic (exact) mass is 287 g/mol. The molecule has 112 valence electrons. The maximum atomic E-state index is 12.4. The Morgan fingerprint density at radius 2 is 2.24 bits per heavy atom. The van der Waals surface area contributed by atoms with E-state index < -0.39 is 0 Å². The Labute approximate surface area is 124 Å². The summed E-state index contributed by atoms with van der Waals surface area (Å²) in [6, 6.07) is 3.51. The first-order valence-corrected chi connectivity index (χ1v) is 7.12. The van der Waals surface area contributed by atoms with Crippen LogP contribution in [0.25, 0.3) is 0 Å². The quantitative estimate of drug-likeness (QED) is 0.761. The van der Waals surface area contributed by atoms with E-state index in [0.717, 1.165) is 24.1 Å². The number of nitrogens with one attached hydrogen (secondary N) is 3. The molecule has 0 aromatic carbocycles. The van der Waals surface area contributed by atoms with Crippen molar-refractivity contribution in [2.45, 2.75) is 32.7 Å². The van der Waals surface area contributed by atoms with Gasteiger partial charge in [0, 0.05) is 30.1 Å². The summed E-state index contributed by atoms with van der Waals surface area (Å²) in [5, 5.41) is 12.6. The van der Waals surface area contributed by atoms with Crippen LogP contribution in [0.4, 0.5) is 5.82 Å². The van der Waals surface area contributed by atoms with Crippen LogP contribution in [-0.4, -0.2) is 28.1 Å². The van der Waals surface area contributed by atoms with Crippen LogP contribution in [0.5, 0.6) is 0 Å². The van der Waals surface area contributed by atoms with E-state index in [-0.39, 0.29) is 11.9 Å². The summed E-state index contributed by atoms with van der Waals surface area (Å²) in [6.45, 7) is 4.02. The number of aromatic amines is 1. The number of hydrogen-bond donors (Lipinski definition) is 3. The predicted molar refractivity (Wildman–Crippen MR) is 82.2 cm³/mol. The normalized spacial score (nSPS) is 12.0. The highest BCUT2D eigenvalue weighted by molar-refractivity contribution is 5.95. The third kappa shape index (κ3) is 3.81. The minimum absolute atomic E-state index is 0.0999. The van der Waals surface area contributed by atoms with Crippen LogP contribution in [0.2, 0.25) is 0 Å². The molecular weight excluding hydrogens is 266 g/mol. The Kier molecular flexibility index (Phi) is 4.92. The number of amides is 1. The van der Waals surface area contributed by atoms with Crippen molar-refractivity contribution in [3.05, 3.63) is 41.3 Å². The van der Waals surface area contributed by atoms with Gasteiger partial charge in [0.25, 0.3) is 5.91 Å². The Hall–Kier alpha value is -2.37. The average molecular weight is 287 g/mol. The van der Waals surface area contributed by atoms with Crippen molar-refractivity contribution in [2.75, 3.05) is 12.4 Å². The Morgan fingerprint density at radius 1 is 1.43 bits per heavy atom. The third-order valence-corrected chi connectivity index (χ3v) is 3.27. The molecule has 0 saturated heterocycles. The van der Waals surface area contributed by atoms with E-state index in [1.54, 1.807) is 25.5 Å². The molecule has 2 heterocycles. The number of rotatable bonds is 6. The standard InChI is InChI=1S/C15H21N5O/c1-4-5-13-6-11(7-14(16-3)20-13)15(21)19-10(2)12-8-17-18-9-12/h6-10H,4-5H2,1-3H3,(H,16,20)(H,17,18)(H,19,21). The van der Waals surface area contributed by atoms with E-state index in [2.05, 4.69) is 32.7 Å². The zero-order chi connectivity index (χ0) is 15.2. The van der Waals surface area contributed by atoms with Crippen molar-refractivity contribution in [3.8, 4) is 0 Å². The zero-order valence-corrected chi connectivity index (χ0v) is 12.6. The van der Waals surface area contributed by atoms with E-state index in [4.69, 9.17) is 0 Å². The number of carbonyl (C=O) groups excluding carboxylic acids is 1. The molecule has 0 fully saturated rings. The molecule has 0 aliphatic rings. The van der Waals surface area contributed by atoms with Crippen molar-refractivity contribution in [1.29, 1.82) is 0 Å². The van der Waals surface area contributed by atoms with Crippen molar-refractivity contribution in [3.63, 3.8) is 0 Å². The molecule has 0 saturated carbocycles. The number of pyridine rings is 1. The fourth-order valence-electron chi connectivity index (χ4n) is 2.09. The molecule has 1 unspecified atom stereocenters. The second kappa shape index (κ2) is 6.88. The fourth-order valence-corrected chi connectivity index (χ4v) is 2.09. The van der Waals surface area contributed by atoms with Crippen LogP contribution in [0.3, 0.4) is 0 Å². The number of nitrogens with zero attached hydrogens (tertiary/aromatic N) is 2. The van der Waals surface area contributed by atoms with Gasteiger partial charge in [-0.1, -0.05) is 13.3 Å². The van der Waals surface area contributed by atoms with Gasteiger partial charge in [0.2, 0.25) is 0 Å². The van der Waals surface area contributed by atoms with Crippen LogP contribution in [0.1, 0.15) is 47.9 Å². The van der Waals surface area contributed by atoms with Gasteiger partial charge in [-0.2, -0.15) is 5.10 Å². The number of H-pyrrole nitrogens is 1. The summed E-state index contributed by atoms with van der Waals surface area (Å²) in [7, 11) is 1.80. The molecule has 0 spiro atoms. The molecule has 1 atom stereocenters. The number of aryl methyl sites for hydroxylation is 1. The summed E-state index contributed by atoms with van der Waals surface area (Å²) < 4.78 is 0. The molecule has 2 rings (SSSR count). The molecule has 6 heteroatoms. The minimum Gasteiger partial charge on any atom is -0.373 e. The van der Waals surface area contributed by atoms with Crippen LogP contribution >= 0.6 is 0 Å². The Balaban J connectivity index is 2.16. The van der Waals surface area contributed by atoms with Gasteiger partial charge in [0.15, 0.2) is 0 Å². The lowest BCUT2D eigenvalue weighted by Gasteiger charge is -2.13. The average Bonchev–Trinajstić information content (AvgIpc) is 3.01.